The molecule has 0 saturated heterocycles. The molecule has 0 unspecified atom stereocenters. The van der Waals surface area contributed by atoms with E-state index < -0.39 is 15.3 Å². The predicted octanol–water partition coefficient (Wildman–Crippen LogP) is 1.46. The number of anilines is 1. The molecule has 0 spiro atoms. The van der Waals surface area contributed by atoms with Gasteiger partial charge in [-0.15, -0.1) is 0 Å². The molecule has 0 saturated carbocycles. The van der Waals surface area contributed by atoms with Gasteiger partial charge in [0.25, 0.3) is 0 Å². The summed E-state index contributed by atoms with van der Waals surface area (Å²) in [5, 5.41) is -0.475. The van der Waals surface area contributed by atoms with Crippen LogP contribution in [0.2, 0.25) is 0 Å². The topological polar surface area (TPSA) is 72.2 Å². The quantitative estimate of drug-likeness (QED) is 0.813. The van der Waals surface area contributed by atoms with E-state index in [1.165, 1.54) is 0 Å². The zero-order chi connectivity index (χ0) is 13.8. The Morgan fingerprint density at radius 2 is 2.00 bits per heavy atom. The van der Waals surface area contributed by atoms with Crippen molar-refractivity contribution in [1.29, 1.82) is 0 Å². The van der Waals surface area contributed by atoms with Gasteiger partial charge in [-0.2, -0.15) is 0 Å². The van der Waals surface area contributed by atoms with Gasteiger partial charge in [0.15, 0.2) is 0 Å². The van der Waals surface area contributed by atoms with Gasteiger partial charge in [0, 0.05) is 11.3 Å². The first-order chi connectivity index (χ1) is 8.35. The highest BCUT2D eigenvalue weighted by Crippen LogP contribution is 2.16. The van der Waals surface area contributed by atoms with Crippen molar-refractivity contribution < 1.29 is 8.42 Å². The van der Waals surface area contributed by atoms with Gasteiger partial charge in [-0.3, -0.25) is 4.72 Å². The van der Waals surface area contributed by atoms with Crippen LogP contribution in [0.4, 0.5) is 5.69 Å². The summed E-state index contributed by atoms with van der Waals surface area (Å²) in [5.41, 5.74) is 7.54. The minimum Gasteiger partial charge on any atom is -0.320 e. The van der Waals surface area contributed by atoms with E-state index in [9.17, 15) is 8.42 Å². The second-order valence-electron chi connectivity index (χ2n) is 4.29. The molecule has 0 bridgehead atoms. The molecule has 0 aromatic heterocycles. The lowest BCUT2D eigenvalue weighted by Crippen LogP contribution is -2.22. The van der Waals surface area contributed by atoms with E-state index in [1.807, 2.05) is 13.0 Å². The fourth-order valence-electron chi connectivity index (χ4n) is 1.35. The van der Waals surface area contributed by atoms with Crippen molar-refractivity contribution in [3.8, 4) is 11.8 Å². The number of hydrogen-bond donors (Lipinski definition) is 2. The second kappa shape index (κ2) is 5.89. The van der Waals surface area contributed by atoms with E-state index in [1.54, 1.807) is 26.0 Å². The normalized spacial score (nSPS) is 10.9. The molecular formula is C13H18N2O2S. The molecule has 3 N–H and O–H groups in total. The molecule has 0 amide bonds. The van der Waals surface area contributed by atoms with Crippen LogP contribution in [0.15, 0.2) is 18.2 Å². The molecule has 18 heavy (non-hydrogen) atoms. The molecule has 1 aromatic rings. The fraction of sp³-hybridized carbons (Fsp3) is 0.385. The molecule has 5 heteroatoms. The highest BCUT2D eigenvalue weighted by molar-refractivity contribution is 7.93. The Labute approximate surface area is 109 Å². The van der Waals surface area contributed by atoms with Crippen molar-refractivity contribution in [1.82, 2.24) is 0 Å². The lowest BCUT2D eigenvalue weighted by molar-refractivity contribution is 0.593. The van der Waals surface area contributed by atoms with Crippen LogP contribution >= 0.6 is 0 Å². The van der Waals surface area contributed by atoms with Crippen molar-refractivity contribution in [3.05, 3.63) is 29.3 Å². The van der Waals surface area contributed by atoms with Gasteiger partial charge in [-0.05, 0) is 44.5 Å². The third-order valence-electron chi connectivity index (χ3n) is 2.29. The number of nitrogens with one attached hydrogen (secondary N) is 1. The van der Waals surface area contributed by atoms with Gasteiger partial charge in [0.2, 0.25) is 10.0 Å². The average molecular weight is 266 g/mol. The molecule has 0 atom stereocenters. The Bertz CT molecular complexity index is 581. The molecule has 0 heterocycles. The molecule has 0 fully saturated rings. The highest BCUT2D eigenvalue weighted by atomic mass is 32.2. The van der Waals surface area contributed by atoms with Gasteiger partial charge in [-0.25, -0.2) is 8.42 Å². The molecule has 1 aromatic carbocycles. The van der Waals surface area contributed by atoms with Gasteiger partial charge in [-0.1, -0.05) is 11.8 Å². The third-order valence-corrected chi connectivity index (χ3v) is 4.05. The fourth-order valence-corrected chi connectivity index (χ4v) is 2.03. The zero-order valence-electron chi connectivity index (χ0n) is 10.8. The lowest BCUT2D eigenvalue weighted by Gasteiger charge is -2.11. The molecule has 0 aliphatic carbocycles. The summed E-state index contributed by atoms with van der Waals surface area (Å²) in [7, 11) is -3.33. The summed E-state index contributed by atoms with van der Waals surface area (Å²) in [6.07, 6.45) is 0. The van der Waals surface area contributed by atoms with Crippen LogP contribution in [0.25, 0.3) is 0 Å². The Morgan fingerprint density at radius 3 is 2.56 bits per heavy atom. The van der Waals surface area contributed by atoms with Crippen LogP contribution in [0, 0.1) is 18.8 Å². The van der Waals surface area contributed by atoms with Crippen LogP contribution in [0.5, 0.6) is 0 Å². The van der Waals surface area contributed by atoms with Gasteiger partial charge in [0.1, 0.15) is 0 Å². The monoisotopic (exact) mass is 266 g/mol. The summed E-state index contributed by atoms with van der Waals surface area (Å²) >= 11 is 0. The largest absolute Gasteiger partial charge is 0.320 e. The number of sulfonamides is 1. The molecule has 0 aliphatic heterocycles. The van der Waals surface area contributed by atoms with Crippen molar-refractivity contribution in [2.45, 2.75) is 26.0 Å². The van der Waals surface area contributed by atoms with Crippen molar-refractivity contribution in [2.24, 2.45) is 5.73 Å². The van der Waals surface area contributed by atoms with E-state index in [-0.39, 0.29) is 6.54 Å². The second-order valence-corrected chi connectivity index (χ2v) is 6.53. The number of benzene rings is 1. The Balaban J connectivity index is 3.08. The predicted molar refractivity (Wildman–Crippen MR) is 74.8 cm³/mol. The summed E-state index contributed by atoms with van der Waals surface area (Å²) < 4.78 is 26.1. The van der Waals surface area contributed by atoms with Crippen LogP contribution in [-0.2, 0) is 10.0 Å². The Hall–Kier alpha value is -1.51. The van der Waals surface area contributed by atoms with E-state index in [0.29, 0.717) is 5.69 Å². The SMILES string of the molecule is Cc1cc(C#CCN)cc(NS(=O)(=O)C(C)C)c1. The minimum atomic E-state index is -3.33. The highest BCUT2D eigenvalue weighted by Gasteiger charge is 2.15. The maximum atomic E-state index is 11.8. The Kier molecular flexibility index (Phi) is 4.76. The first-order valence-electron chi connectivity index (χ1n) is 5.67. The maximum Gasteiger partial charge on any atom is 0.235 e. The number of rotatable bonds is 3. The first-order valence-corrected chi connectivity index (χ1v) is 7.22. The van der Waals surface area contributed by atoms with E-state index in [4.69, 9.17) is 5.73 Å². The van der Waals surface area contributed by atoms with Gasteiger partial charge in [0.05, 0.1) is 11.8 Å². The summed E-state index contributed by atoms with van der Waals surface area (Å²) in [6, 6.07) is 5.36. The summed E-state index contributed by atoms with van der Waals surface area (Å²) in [4.78, 5) is 0. The maximum absolute atomic E-state index is 11.8. The number of nitrogens with two attached hydrogens (primary N) is 1. The lowest BCUT2D eigenvalue weighted by atomic mass is 10.1. The van der Waals surface area contributed by atoms with E-state index in [0.717, 1.165) is 11.1 Å². The van der Waals surface area contributed by atoms with E-state index in [2.05, 4.69) is 16.6 Å². The average Bonchev–Trinajstić information content (AvgIpc) is 2.24. The molecule has 4 nitrogen and oxygen atoms in total. The van der Waals surface area contributed by atoms with Crippen LogP contribution in [-0.4, -0.2) is 20.2 Å². The van der Waals surface area contributed by atoms with Crippen molar-refractivity contribution >= 4 is 15.7 Å². The third kappa shape index (κ3) is 4.06. The molecule has 0 radical (unpaired) electrons. The number of aryl methyl sites for hydroxylation is 1. The zero-order valence-corrected chi connectivity index (χ0v) is 11.6. The summed E-state index contributed by atoms with van der Waals surface area (Å²) in [5.74, 6) is 5.64. The van der Waals surface area contributed by atoms with Gasteiger partial charge < -0.3 is 5.73 Å². The van der Waals surface area contributed by atoms with E-state index >= 15 is 0 Å². The molecule has 0 aliphatic rings. The van der Waals surface area contributed by atoms with Crippen LogP contribution in [0.1, 0.15) is 25.0 Å². The standard InChI is InChI=1S/C13H18N2O2S/c1-10(2)18(16,17)15-13-8-11(3)7-12(9-13)5-4-6-14/h7-10,15H,6,14H2,1-3H3. The number of hydrogen-bond acceptors (Lipinski definition) is 3. The van der Waals surface area contributed by atoms with Crippen molar-refractivity contribution in [3.63, 3.8) is 0 Å². The molecule has 1 rings (SSSR count). The molecule has 98 valence electrons. The summed E-state index contributed by atoms with van der Waals surface area (Å²) in [6.45, 7) is 5.43. The first kappa shape index (κ1) is 14.6. The molecular weight excluding hydrogens is 248 g/mol. The smallest absolute Gasteiger partial charge is 0.235 e. The van der Waals surface area contributed by atoms with Crippen molar-refractivity contribution in [2.75, 3.05) is 11.3 Å². The van der Waals surface area contributed by atoms with Crippen LogP contribution in [0.3, 0.4) is 0 Å². The Morgan fingerprint density at radius 1 is 1.33 bits per heavy atom. The van der Waals surface area contributed by atoms with Gasteiger partial charge >= 0.3 is 0 Å². The van der Waals surface area contributed by atoms with Crippen LogP contribution < -0.4 is 10.5 Å². The minimum absolute atomic E-state index is 0.279.